The van der Waals surface area contributed by atoms with Gasteiger partial charge in [-0.3, -0.25) is 0 Å². The maximum Gasteiger partial charge on any atom is 0.256 e. The van der Waals surface area contributed by atoms with Crippen LogP contribution < -0.4 is 0 Å². The maximum atomic E-state index is 13.1. The molecule has 6 nitrogen and oxygen atoms in total. The molecule has 0 saturated carbocycles. The number of sulfone groups is 1. The van der Waals surface area contributed by atoms with Crippen LogP contribution in [0, 0.1) is 0 Å². The van der Waals surface area contributed by atoms with Crippen LogP contribution in [-0.2, 0) is 19.9 Å². The van der Waals surface area contributed by atoms with Crippen molar-refractivity contribution in [2.24, 2.45) is 0 Å². The van der Waals surface area contributed by atoms with Gasteiger partial charge in [-0.15, -0.1) is 4.41 Å². The molecule has 1 heterocycles. The first kappa shape index (κ1) is 17.3. The summed E-state index contributed by atoms with van der Waals surface area (Å²) in [6.07, 6.45) is 0.313. The smallest absolute Gasteiger partial charge is 0.234 e. The molecular weight excluding hydrogens is 348 g/mol. The van der Waals surface area contributed by atoms with Crippen LogP contribution in [0.1, 0.15) is 6.42 Å². The molecule has 3 rings (SSSR count). The Kier molecular flexibility index (Phi) is 4.41. The summed E-state index contributed by atoms with van der Waals surface area (Å²) in [5.41, 5.74) is 0. The molecule has 1 aliphatic heterocycles. The van der Waals surface area contributed by atoms with Crippen LogP contribution in [0.2, 0.25) is 0 Å². The first-order valence-electron chi connectivity index (χ1n) is 7.62. The highest BCUT2D eigenvalue weighted by Crippen LogP contribution is 2.27. The number of nitrogens with zero attached hydrogens (tertiary/aromatic N) is 2. The second-order valence-corrected chi connectivity index (χ2v) is 10.2. The monoisotopic (exact) mass is 368 g/mol. The summed E-state index contributed by atoms with van der Waals surface area (Å²) in [6.45, 7) is 0. The predicted octanol–water partition coefficient (Wildman–Crippen LogP) is 1.49. The molecule has 2 aromatic rings. The zero-order chi connectivity index (χ0) is 17.5. The largest absolute Gasteiger partial charge is 0.256 e. The highest BCUT2D eigenvalue weighted by molar-refractivity contribution is 7.92. The fourth-order valence-corrected chi connectivity index (χ4v) is 6.64. The Morgan fingerprint density at radius 1 is 1.04 bits per heavy atom. The minimum atomic E-state index is -3.83. The molecule has 2 aromatic carbocycles. The molecule has 0 aliphatic carbocycles. The summed E-state index contributed by atoms with van der Waals surface area (Å²) < 4.78 is 50.9. The van der Waals surface area contributed by atoms with Gasteiger partial charge in [-0.05, 0) is 29.3 Å². The fraction of sp³-hybridized carbons (Fsp3) is 0.375. The summed E-state index contributed by atoms with van der Waals surface area (Å²) in [4.78, 5) is 0.166. The van der Waals surface area contributed by atoms with Crippen LogP contribution in [0.15, 0.2) is 47.4 Å². The van der Waals surface area contributed by atoms with Crippen molar-refractivity contribution in [2.75, 3.05) is 25.6 Å². The second kappa shape index (κ2) is 6.11. The van der Waals surface area contributed by atoms with Crippen molar-refractivity contribution in [3.05, 3.63) is 42.5 Å². The molecule has 0 spiro atoms. The Morgan fingerprint density at radius 2 is 1.71 bits per heavy atom. The molecule has 0 unspecified atom stereocenters. The molecule has 0 N–H and O–H groups in total. The van der Waals surface area contributed by atoms with Crippen LogP contribution in [0.3, 0.4) is 0 Å². The van der Waals surface area contributed by atoms with E-state index in [1.807, 2.05) is 24.3 Å². The Morgan fingerprint density at radius 3 is 2.29 bits per heavy atom. The predicted molar refractivity (Wildman–Crippen MR) is 93.7 cm³/mol. The number of hydrazine groups is 1. The lowest BCUT2D eigenvalue weighted by atomic mass is 10.1. The van der Waals surface area contributed by atoms with Crippen molar-refractivity contribution >= 4 is 30.6 Å². The zero-order valence-electron chi connectivity index (χ0n) is 13.6. The van der Waals surface area contributed by atoms with E-state index in [4.69, 9.17) is 0 Å². The van der Waals surface area contributed by atoms with E-state index >= 15 is 0 Å². The molecule has 130 valence electrons. The topological polar surface area (TPSA) is 74.8 Å². The van der Waals surface area contributed by atoms with Gasteiger partial charge in [0.15, 0.2) is 9.84 Å². The van der Waals surface area contributed by atoms with Gasteiger partial charge in [-0.25, -0.2) is 21.8 Å². The first-order valence-corrected chi connectivity index (χ1v) is 10.9. The Hall–Kier alpha value is -1.48. The Balaban J connectivity index is 2.05. The minimum absolute atomic E-state index is 0.0231. The average molecular weight is 368 g/mol. The molecule has 0 radical (unpaired) electrons. The summed E-state index contributed by atoms with van der Waals surface area (Å²) >= 11 is 0. The summed E-state index contributed by atoms with van der Waals surface area (Å²) in [6, 6.07) is 11.9. The van der Waals surface area contributed by atoms with Gasteiger partial charge in [0.25, 0.3) is 10.0 Å². The summed E-state index contributed by atoms with van der Waals surface area (Å²) in [5, 5.41) is 3.24. The van der Waals surface area contributed by atoms with Crippen LogP contribution in [-0.4, -0.2) is 57.9 Å². The van der Waals surface area contributed by atoms with Crippen molar-refractivity contribution in [2.45, 2.75) is 17.4 Å². The molecule has 1 atom stereocenters. The lowest BCUT2D eigenvalue weighted by Gasteiger charge is -2.32. The molecular formula is C16H20N2O4S2. The first-order chi connectivity index (χ1) is 11.2. The van der Waals surface area contributed by atoms with E-state index < -0.39 is 25.9 Å². The van der Waals surface area contributed by atoms with Crippen LogP contribution in [0.5, 0.6) is 0 Å². The van der Waals surface area contributed by atoms with Crippen molar-refractivity contribution in [1.82, 2.24) is 9.42 Å². The van der Waals surface area contributed by atoms with E-state index in [-0.39, 0.29) is 16.4 Å². The summed E-state index contributed by atoms with van der Waals surface area (Å²) in [7, 11) is -3.79. The summed E-state index contributed by atoms with van der Waals surface area (Å²) in [5.74, 6) is -0.118. The number of hydrogen-bond acceptors (Lipinski definition) is 5. The normalized spacial score (nSPS) is 20.9. The van der Waals surface area contributed by atoms with Crippen LogP contribution in [0.25, 0.3) is 10.8 Å². The quantitative estimate of drug-likeness (QED) is 0.765. The Bertz CT molecular complexity index is 968. The van der Waals surface area contributed by atoms with E-state index in [0.717, 1.165) is 10.8 Å². The van der Waals surface area contributed by atoms with E-state index in [2.05, 4.69) is 0 Å². The maximum absolute atomic E-state index is 13.1. The highest BCUT2D eigenvalue weighted by Gasteiger charge is 2.40. The number of fused-ring (bicyclic) bond motifs is 1. The van der Waals surface area contributed by atoms with E-state index in [1.54, 1.807) is 32.3 Å². The molecule has 0 amide bonds. The average Bonchev–Trinajstić information content (AvgIpc) is 2.85. The molecule has 8 heteroatoms. The highest BCUT2D eigenvalue weighted by atomic mass is 32.2. The van der Waals surface area contributed by atoms with Gasteiger partial charge in [-0.1, -0.05) is 30.3 Å². The van der Waals surface area contributed by atoms with Gasteiger partial charge < -0.3 is 0 Å². The number of sulfonamides is 1. The third-order valence-electron chi connectivity index (χ3n) is 4.18. The van der Waals surface area contributed by atoms with Gasteiger partial charge in [0.05, 0.1) is 22.4 Å². The van der Waals surface area contributed by atoms with Crippen LogP contribution >= 0.6 is 0 Å². The van der Waals surface area contributed by atoms with Gasteiger partial charge in [0.1, 0.15) is 0 Å². The van der Waals surface area contributed by atoms with Gasteiger partial charge in [0.2, 0.25) is 0 Å². The third kappa shape index (κ3) is 3.19. The number of hydrogen-bond donors (Lipinski definition) is 0. The van der Waals surface area contributed by atoms with E-state index in [1.165, 1.54) is 9.42 Å². The molecule has 1 aliphatic rings. The van der Waals surface area contributed by atoms with Crippen LogP contribution in [0.4, 0.5) is 0 Å². The molecule has 0 bridgehead atoms. The molecule has 0 aromatic heterocycles. The van der Waals surface area contributed by atoms with Crippen molar-refractivity contribution < 1.29 is 16.8 Å². The lowest BCUT2D eigenvalue weighted by molar-refractivity contribution is 0.0893. The Labute approximate surface area is 142 Å². The van der Waals surface area contributed by atoms with Gasteiger partial charge in [-0.2, -0.15) is 0 Å². The SMILES string of the molecule is CN(C)N([C@@H]1CCS(=O)(=O)C1)S(=O)(=O)c1ccc2ccccc2c1. The number of benzene rings is 2. The lowest BCUT2D eigenvalue weighted by Crippen LogP contribution is -2.49. The second-order valence-electron chi connectivity index (χ2n) is 6.19. The standard InChI is InChI=1S/C16H20N2O4S2/c1-17(2)18(15-9-10-23(19,20)12-15)24(21,22)16-8-7-13-5-3-4-6-14(13)11-16/h3-8,11,15H,9-10,12H2,1-2H3/t15-/m1/s1. The molecule has 24 heavy (non-hydrogen) atoms. The number of rotatable bonds is 4. The van der Waals surface area contributed by atoms with Crippen molar-refractivity contribution in [3.8, 4) is 0 Å². The van der Waals surface area contributed by atoms with Gasteiger partial charge >= 0.3 is 0 Å². The zero-order valence-corrected chi connectivity index (χ0v) is 15.2. The van der Waals surface area contributed by atoms with Crippen molar-refractivity contribution in [3.63, 3.8) is 0 Å². The van der Waals surface area contributed by atoms with Crippen molar-refractivity contribution in [1.29, 1.82) is 0 Å². The minimum Gasteiger partial charge on any atom is -0.234 e. The van der Waals surface area contributed by atoms with Gasteiger partial charge in [0, 0.05) is 14.1 Å². The molecule has 1 saturated heterocycles. The molecule has 1 fully saturated rings. The van der Waals surface area contributed by atoms with E-state index in [0.29, 0.717) is 6.42 Å². The third-order valence-corrected chi connectivity index (χ3v) is 7.90. The van der Waals surface area contributed by atoms with E-state index in [9.17, 15) is 16.8 Å². The fourth-order valence-electron chi connectivity index (χ4n) is 3.12.